The first-order chi connectivity index (χ1) is 9.77. The van der Waals surface area contributed by atoms with Crippen molar-refractivity contribution in [2.45, 2.75) is 39.0 Å². The third kappa shape index (κ3) is 2.36. The number of aryl methyl sites for hydroxylation is 1. The molecule has 0 aliphatic heterocycles. The molecule has 3 heteroatoms. The van der Waals surface area contributed by atoms with Crippen LogP contribution in [0.15, 0.2) is 36.4 Å². The predicted octanol–water partition coefficient (Wildman–Crippen LogP) is 4.11. The topological polar surface area (TPSA) is 43.8 Å². The van der Waals surface area contributed by atoms with Crippen molar-refractivity contribution in [1.29, 1.82) is 0 Å². The van der Waals surface area contributed by atoms with Crippen LogP contribution in [0.25, 0.3) is 11.3 Å². The molecular formula is C17H21N3. The van der Waals surface area contributed by atoms with Gasteiger partial charge in [-0.05, 0) is 50.3 Å². The Kier molecular flexibility index (Phi) is 3.59. The lowest BCUT2D eigenvalue weighted by Crippen LogP contribution is -2.02. The van der Waals surface area contributed by atoms with Crippen molar-refractivity contribution in [1.82, 2.24) is 9.78 Å². The summed E-state index contributed by atoms with van der Waals surface area (Å²) in [6.45, 7) is 2.05. The van der Waals surface area contributed by atoms with Crippen LogP contribution >= 0.6 is 0 Å². The number of rotatable bonds is 2. The molecule has 0 atom stereocenters. The van der Waals surface area contributed by atoms with Crippen molar-refractivity contribution in [3.8, 4) is 5.69 Å². The Morgan fingerprint density at radius 3 is 2.70 bits per heavy atom. The fraction of sp³-hybridized carbons (Fsp3) is 0.353. The van der Waals surface area contributed by atoms with E-state index in [1.165, 1.54) is 24.8 Å². The number of allylic oxidation sites excluding steroid dienone is 2. The van der Waals surface area contributed by atoms with Gasteiger partial charge in [0.2, 0.25) is 0 Å². The zero-order chi connectivity index (χ0) is 13.9. The number of hydrogen-bond acceptors (Lipinski definition) is 2. The van der Waals surface area contributed by atoms with E-state index in [1.54, 1.807) is 0 Å². The summed E-state index contributed by atoms with van der Waals surface area (Å²) in [7, 11) is 0. The second-order valence-corrected chi connectivity index (χ2v) is 5.42. The third-order valence-corrected chi connectivity index (χ3v) is 3.96. The Bertz CT molecular complexity index is 623. The van der Waals surface area contributed by atoms with Crippen LogP contribution in [0, 0.1) is 6.92 Å². The maximum atomic E-state index is 6.38. The van der Waals surface area contributed by atoms with Gasteiger partial charge in [0, 0.05) is 5.56 Å². The van der Waals surface area contributed by atoms with Crippen LogP contribution in [0.2, 0.25) is 0 Å². The Morgan fingerprint density at radius 2 is 1.90 bits per heavy atom. The molecule has 0 saturated carbocycles. The molecule has 1 aromatic heterocycles. The average molecular weight is 267 g/mol. The number of aromatic nitrogens is 2. The molecule has 0 bridgehead atoms. The van der Waals surface area contributed by atoms with Crippen LogP contribution in [0.1, 0.15) is 43.4 Å². The molecular weight excluding hydrogens is 246 g/mol. The first kappa shape index (κ1) is 13.0. The molecule has 2 aromatic rings. The summed E-state index contributed by atoms with van der Waals surface area (Å²) in [6, 6.07) is 10.1. The minimum atomic E-state index is 0.766. The molecule has 0 fully saturated rings. The summed E-state index contributed by atoms with van der Waals surface area (Å²) in [5.41, 5.74) is 11.0. The Hall–Kier alpha value is -2.03. The van der Waals surface area contributed by atoms with Crippen molar-refractivity contribution in [2.24, 2.45) is 0 Å². The molecule has 1 aliphatic carbocycles. The predicted molar refractivity (Wildman–Crippen MR) is 83.8 cm³/mol. The highest BCUT2D eigenvalue weighted by molar-refractivity contribution is 5.76. The van der Waals surface area contributed by atoms with Gasteiger partial charge in [0.25, 0.3) is 0 Å². The van der Waals surface area contributed by atoms with Crippen molar-refractivity contribution in [3.63, 3.8) is 0 Å². The van der Waals surface area contributed by atoms with Gasteiger partial charge < -0.3 is 5.73 Å². The van der Waals surface area contributed by atoms with Gasteiger partial charge in [-0.3, -0.25) is 0 Å². The first-order valence-corrected chi connectivity index (χ1v) is 7.37. The lowest BCUT2D eigenvalue weighted by Gasteiger charge is -2.07. The van der Waals surface area contributed by atoms with Gasteiger partial charge in [-0.2, -0.15) is 5.10 Å². The molecule has 0 radical (unpaired) electrons. The minimum absolute atomic E-state index is 0.766. The normalized spacial score (nSPS) is 15.8. The maximum Gasteiger partial charge on any atom is 0.135 e. The van der Waals surface area contributed by atoms with Crippen LogP contribution in [0.3, 0.4) is 0 Å². The summed E-state index contributed by atoms with van der Waals surface area (Å²) in [5, 5.41) is 4.64. The van der Waals surface area contributed by atoms with Crippen molar-refractivity contribution < 1.29 is 0 Å². The minimum Gasteiger partial charge on any atom is -0.383 e. The Morgan fingerprint density at radius 1 is 1.10 bits per heavy atom. The second-order valence-electron chi connectivity index (χ2n) is 5.42. The lowest BCUT2D eigenvalue weighted by atomic mass is 10.0. The molecule has 20 heavy (non-hydrogen) atoms. The van der Waals surface area contributed by atoms with Crippen molar-refractivity contribution in [3.05, 3.63) is 47.7 Å². The number of para-hydroxylation sites is 1. The van der Waals surface area contributed by atoms with Crippen LogP contribution in [0.5, 0.6) is 0 Å². The lowest BCUT2D eigenvalue weighted by molar-refractivity contribution is 0.720. The maximum absolute atomic E-state index is 6.38. The van der Waals surface area contributed by atoms with Crippen LogP contribution in [-0.4, -0.2) is 9.78 Å². The van der Waals surface area contributed by atoms with Gasteiger partial charge in [-0.1, -0.05) is 30.7 Å². The number of benzene rings is 1. The number of hydrogen-bond donors (Lipinski definition) is 1. The van der Waals surface area contributed by atoms with E-state index in [0.29, 0.717) is 0 Å². The highest BCUT2D eigenvalue weighted by Gasteiger charge is 2.17. The summed E-state index contributed by atoms with van der Waals surface area (Å²) in [4.78, 5) is 0. The number of anilines is 1. The molecule has 0 amide bonds. The van der Waals surface area contributed by atoms with Gasteiger partial charge in [-0.15, -0.1) is 0 Å². The molecule has 0 spiro atoms. The zero-order valence-electron chi connectivity index (χ0n) is 12.0. The number of nitrogens with two attached hydrogens (primary N) is 1. The van der Waals surface area contributed by atoms with Gasteiger partial charge in [0.05, 0.1) is 11.4 Å². The molecule has 0 saturated heterocycles. The quantitative estimate of drug-likeness (QED) is 0.889. The molecule has 1 heterocycles. The van der Waals surface area contributed by atoms with E-state index >= 15 is 0 Å². The highest BCUT2D eigenvalue weighted by atomic mass is 15.3. The van der Waals surface area contributed by atoms with E-state index in [1.807, 2.05) is 35.0 Å². The Labute approximate surface area is 120 Å². The molecule has 1 aromatic carbocycles. The van der Waals surface area contributed by atoms with E-state index < -0.39 is 0 Å². The SMILES string of the molecule is Cc1nn(-c2ccccc2)c(N)c1C1=CCCCCC1. The van der Waals surface area contributed by atoms with E-state index in [0.717, 1.165) is 35.6 Å². The van der Waals surface area contributed by atoms with Crippen molar-refractivity contribution >= 4 is 11.4 Å². The summed E-state index contributed by atoms with van der Waals surface area (Å²) in [6.07, 6.45) is 8.47. The molecule has 104 valence electrons. The zero-order valence-corrected chi connectivity index (χ0v) is 12.0. The van der Waals surface area contributed by atoms with Crippen LogP contribution < -0.4 is 5.73 Å². The van der Waals surface area contributed by atoms with Crippen LogP contribution in [0.4, 0.5) is 5.82 Å². The standard InChI is InChI=1S/C17H21N3/c1-13-16(14-9-5-2-3-6-10-14)17(18)20(19-13)15-11-7-4-8-12-15/h4,7-9,11-12H,2-3,5-6,10,18H2,1H3. The number of nitrogens with zero attached hydrogens (tertiary/aromatic N) is 2. The number of nitrogen functional groups attached to an aromatic ring is 1. The fourth-order valence-electron chi connectivity index (χ4n) is 2.95. The monoisotopic (exact) mass is 267 g/mol. The second kappa shape index (κ2) is 5.53. The fourth-order valence-corrected chi connectivity index (χ4v) is 2.95. The highest BCUT2D eigenvalue weighted by Crippen LogP contribution is 2.33. The van der Waals surface area contributed by atoms with Gasteiger partial charge in [-0.25, -0.2) is 4.68 Å². The molecule has 3 rings (SSSR count). The largest absolute Gasteiger partial charge is 0.383 e. The van der Waals surface area contributed by atoms with Gasteiger partial charge >= 0.3 is 0 Å². The smallest absolute Gasteiger partial charge is 0.135 e. The third-order valence-electron chi connectivity index (χ3n) is 3.96. The average Bonchev–Trinajstić information content (AvgIpc) is 2.67. The summed E-state index contributed by atoms with van der Waals surface area (Å²) in [5.74, 6) is 0.766. The Balaban J connectivity index is 2.05. The molecule has 2 N–H and O–H groups in total. The van der Waals surface area contributed by atoms with E-state index in [4.69, 9.17) is 5.73 Å². The van der Waals surface area contributed by atoms with Crippen molar-refractivity contribution in [2.75, 3.05) is 5.73 Å². The summed E-state index contributed by atoms with van der Waals surface area (Å²) < 4.78 is 1.86. The van der Waals surface area contributed by atoms with Gasteiger partial charge in [0.1, 0.15) is 5.82 Å². The van der Waals surface area contributed by atoms with E-state index in [9.17, 15) is 0 Å². The van der Waals surface area contributed by atoms with Crippen LogP contribution in [-0.2, 0) is 0 Å². The van der Waals surface area contributed by atoms with E-state index in [-0.39, 0.29) is 0 Å². The first-order valence-electron chi connectivity index (χ1n) is 7.37. The van der Waals surface area contributed by atoms with E-state index in [2.05, 4.69) is 18.1 Å². The molecule has 3 nitrogen and oxygen atoms in total. The molecule has 0 unspecified atom stereocenters. The van der Waals surface area contributed by atoms with Gasteiger partial charge in [0.15, 0.2) is 0 Å². The molecule has 1 aliphatic rings. The summed E-state index contributed by atoms with van der Waals surface area (Å²) >= 11 is 0.